The van der Waals surface area contributed by atoms with E-state index in [0.29, 0.717) is 11.5 Å². The molecule has 0 radical (unpaired) electrons. The smallest absolute Gasteiger partial charge is 0.354 e. The van der Waals surface area contributed by atoms with Crippen molar-refractivity contribution in [3.05, 3.63) is 41.6 Å². The van der Waals surface area contributed by atoms with E-state index >= 15 is 0 Å². The highest BCUT2D eigenvalue weighted by Crippen LogP contribution is 2.10. The second-order valence-electron chi connectivity index (χ2n) is 3.35. The highest BCUT2D eigenvalue weighted by molar-refractivity contribution is 5.85. The minimum atomic E-state index is -1.11. The molecule has 0 spiro atoms. The molecule has 0 saturated heterocycles. The minimum Gasteiger partial charge on any atom is -0.477 e. The molecule has 0 aromatic carbocycles. The number of aromatic carboxylic acids is 1. The molecule has 0 fully saturated rings. The summed E-state index contributed by atoms with van der Waals surface area (Å²) in [6.45, 7) is 1.84. The minimum absolute atomic E-state index is 0.0267. The van der Waals surface area contributed by atoms with E-state index in [-0.39, 0.29) is 18.3 Å². The Hall–Kier alpha value is -2.37. The number of nitrogens with zero attached hydrogens (tertiary/aromatic N) is 2. The van der Waals surface area contributed by atoms with Crippen LogP contribution in [-0.2, 0) is 6.61 Å². The summed E-state index contributed by atoms with van der Waals surface area (Å²) in [5.41, 5.74) is 0.443. The summed E-state index contributed by atoms with van der Waals surface area (Å²) in [5, 5.41) is 8.82. The van der Waals surface area contributed by atoms with Gasteiger partial charge in [0.05, 0.1) is 6.26 Å². The molecule has 17 heavy (non-hydrogen) atoms. The first kappa shape index (κ1) is 11.1. The van der Waals surface area contributed by atoms with E-state index in [9.17, 15) is 4.79 Å². The first-order valence-corrected chi connectivity index (χ1v) is 4.89. The number of carbonyl (C=O) groups is 1. The third kappa shape index (κ3) is 2.81. The number of furan rings is 1. The summed E-state index contributed by atoms with van der Waals surface area (Å²) >= 11 is 0. The Kier molecular flexibility index (Phi) is 3.04. The Morgan fingerprint density at radius 2 is 2.35 bits per heavy atom. The number of hydrogen-bond acceptors (Lipinski definition) is 5. The van der Waals surface area contributed by atoms with Crippen LogP contribution >= 0.6 is 0 Å². The molecule has 0 aliphatic rings. The average molecular weight is 234 g/mol. The standard InChI is InChI=1S/C11H10N2O4/c1-7-5-9(10(14)15)13-11(12-7)17-6-8-3-2-4-16-8/h2-5H,6H2,1H3,(H,14,15). The van der Waals surface area contributed by atoms with E-state index in [1.165, 1.54) is 12.3 Å². The van der Waals surface area contributed by atoms with Gasteiger partial charge in [-0.2, -0.15) is 4.98 Å². The lowest BCUT2D eigenvalue weighted by Gasteiger charge is -2.04. The van der Waals surface area contributed by atoms with Crippen LogP contribution < -0.4 is 4.74 Å². The third-order valence-electron chi connectivity index (χ3n) is 1.98. The van der Waals surface area contributed by atoms with Gasteiger partial charge in [-0.25, -0.2) is 9.78 Å². The van der Waals surface area contributed by atoms with Gasteiger partial charge in [0, 0.05) is 5.69 Å². The molecule has 2 heterocycles. The van der Waals surface area contributed by atoms with Gasteiger partial charge in [0.2, 0.25) is 0 Å². The van der Waals surface area contributed by atoms with E-state index in [1.807, 2.05) is 0 Å². The Morgan fingerprint density at radius 3 is 3.00 bits per heavy atom. The molecule has 0 atom stereocenters. The van der Waals surface area contributed by atoms with Crippen LogP contribution in [0.5, 0.6) is 6.01 Å². The summed E-state index contributed by atoms with van der Waals surface area (Å²) in [6, 6.07) is 4.88. The fourth-order valence-electron chi connectivity index (χ4n) is 1.25. The van der Waals surface area contributed by atoms with Crippen LogP contribution in [0.4, 0.5) is 0 Å². The Morgan fingerprint density at radius 1 is 1.53 bits per heavy atom. The van der Waals surface area contributed by atoms with Gasteiger partial charge >= 0.3 is 12.0 Å². The second-order valence-corrected chi connectivity index (χ2v) is 3.35. The van der Waals surface area contributed by atoms with Crippen molar-refractivity contribution in [2.24, 2.45) is 0 Å². The van der Waals surface area contributed by atoms with E-state index in [4.69, 9.17) is 14.3 Å². The van der Waals surface area contributed by atoms with Gasteiger partial charge in [-0.3, -0.25) is 0 Å². The van der Waals surface area contributed by atoms with Gasteiger partial charge < -0.3 is 14.3 Å². The Balaban J connectivity index is 2.13. The van der Waals surface area contributed by atoms with Crippen LogP contribution in [0.25, 0.3) is 0 Å². The molecular weight excluding hydrogens is 224 g/mol. The summed E-state index contributed by atoms with van der Waals surface area (Å²) in [6.07, 6.45) is 1.53. The molecule has 2 aromatic rings. The van der Waals surface area contributed by atoms with Crippen molar-refractivity contribution in [2.75, 3.05) is 0 Å². The zero-order valence-corrected chi connectivity index (χ0v) is 9.08. The lowest BCUT2D eigenvalue weighted by Crippen LogP contribution is -2.06. The van der Waals surface area contributed by atoms with Crippen molar-refractivity contribution in [2.45, 2.75) is 13.5 Å². The predicted octanol–water partition coefficient (Wildman–Crippen LogP) is 1.66. The van der Waals surface area contributed by atoms with Crippen LogP contribution in [0.2, 0.25) is 0 Å². The average Bonchev–Trinajstić information content (AvgIpc) is 2.78. The third-order valence-corrected chi connectivity index (χ3v) is 1.98. The highest BCUT2D eigenvalue weighted by Gasteiger charge is 2.09. The van der Waals surface area contributed by atoms with Crippen molar-refractivity contribution in [3.63, 3.8) is 0 Å². The second kappa shape index (κ2) is 4.65. The van der Waals surface area contributed by atoms with Crippen molar-refractivity contribution < 1.29 is 19.1 Å². The molecule has 1 N–H and O–H groups in total. The van der Waals surface area contributed by atoms with Crippen LogP contribution in [-0.4, -0.2) is 21.0 Å². The molecular formula is C11H10N2O4. The molecule has 0 bridgehead atoms. The van der Waals surface area contributed by atoms with Gasteiger partial charge in [0.15, 0.2) is 5.69 Å². The summed E-state index contributed by atoms with van der Waals surface area (Å²) < 4.78 is 10.3. The van der Waals surface area contributed by atoms with Crippen LogP contribution in [0.1, 0.15) is 21.9 Å². The zero-order chi connectivity index (χ0) is 12.3. The topological polar surface area (TPSA) is 85.5 Å². The van der Waals surface area contributed by atoms with E-state index < -0.39 is 5.97 Å². The maximum Gasteiger partial charge on any atom is 0.354 e. The van der Waals surface area contributed by atoms with Crippen LogP contribution in [0.3, 0.4) is 0 Å². The number of ether oxygens (including phenoxy) is 1. The van der Waals surface area contributed by atoms with E-state index in [0.717, 1.165) is 0 Å². The summed E-state index contributed by atoms with van der Waals surface area (Å²) in [5.74, 6) is -0.495. The zero-order valence-electron chi connectivity index (χ0n) is 9.08. The first-order valence-electron chi connectivity index (χ1n) is 4.89. The largest absolute Gasteiger partial charge is 0.477 e. The molecule has 0 aliphatic heterocycles. The van der Waals surface area contributed by atoms with Crippen molar-refractivity contribution in [1.82, 2.24) is 9.97 Å². The van der Waals surface area contributed by atoms with Crippen molar-refractivity contribution in [3.8, 4) is 6.01 Å². The number of carboxylic acid groups (broad SMARTS) is 1. The number of hydrogen-bond donors (Lipinski definition) is 1. The van der Waals surface area contributed by atoms with E-state index in [2.05, 4.69) is 9.97 Å². The fraction of sp³-hybridized carbons (Fsp3) is 0.182. The molecule has 0 unspecified atom stereocenters. The molecule has 0 aliphatic carbocycles. The lowest BCUT2D eigenvalue weighted by atomic mass is 10.3. The number of carboxylic acids is 1. The highest BCUT2D eigenvalue weighted by atomic mass is 16.5. The predicted molar refractivity (Wildman–Crippen MR) is 56.8 cm³/mol. The fourth-order valence-corrected chi connectivity index (χ4v) is 1.25. The van der Waals surface area contributed by atoms with Crippen molar-refractivity contribution >= 4 is 5.97 Å². The molecule has 88 valence electrons. The Labute approximate surface area is 96.9 Å². The lowest BCUT2D eigenvalue weighted by molar-refractivity contribution is 0.0688. The number of rotatable bonds is 4. The monoisotopic (exact) mass is 234 g/mol. The van der Waals surface area contributed by atoms with Gasteiger partial charge in [0.25, 0.3) is 0 Å². The van der Waals surface area contributed by atoms with Crippen molar-refractivity contribution in [1.29, 1.82) is 0 Å². The summed E-state index contributed by atoms with van der Waals surface area (Å²) in [7, 11) is 0. The number of aryl methyl sites for hydroxylation is 1. The first-order chi connectivity index (χ1) is 8.15. The van der Waals surface area contributed by atoms with Gasteiger partial charge in [-0.05, 0) is 25.1 Å². The molecule has 6 nitrogen and oxygen atoms in total. The van der Waals surface area contributed by atoms with Gasteiger partial charge in [-0.15, -0.1) is 0 Å². The molecule has 2 aromatic heterocycles. The SMILES string of the molecule is Cc1cc(C(=O)O)nc(OCc2ccco2)n1. The molecule has 2 rings (SSSR count). The molecule has 0 saturated carbocycles. The Bertz CT molecular complexity index is 522. The maximum atomic E-state index is 10.8. The number of aromatic nitrogens is 2. The summed E-state index contributed by atoms with van der Waals surface area (Å²) in [4.78, 5) is 18.5. The van der Waals surface area contributed by atoms with Crippen LogP contribution in [0.15, 0.2) is 28.9 Å². The van der Waals surface area contributed by atoms with E-state index in [1.54, 1.807) is 19.1 Å². The molecule has 0 amide bonds. The van der Waals surface area contributed by atoms with Gasteiger partial charge in [-0.1, -0.05) is 0 Å². The van der Waals surface area contributed by atoms with Crippen LogP contribution in [0, 0.1) is 6.92 Å². The van der Waals surface area contributed by atoms with Gasteiger partial charge in [0.1, 0.15) is 12.4 Å². The molecule has 6 heteroatoms. The quantitative estimate of drug-likeness (QED) is 0.865. The maximum absolute atomic E-state index is 10.8. The normalized spacial score (nSPS) is 10.2.